The number of benzene rings is 1. The average molecular weight is 377 g/mol. The lowest BCUT2D eigenvalue weighted by Crippen LogP contribution is -2.26. The normalized spacial score (nSPS) is 9.90. The van der Waals surface area contributed by atoms with Gasteiger partial charge < -0.3 is 14.4 Å². The van der Waals surface area contributed by atoms with Gasteiger partial charge in [-0.2, -0.15) is 0 Å². The van der Waals surface area contributed by atoms with Gasteiger partial charge in [-0.25, -0.2) is 4.79 Å². The van der Waals surface area contributed by atoms with Crippen molar-refractivity contribution in [2.45, 2.75) is 6.92 Å². The number of nitro groups is 1. The minimum Gasteiger partial charge on any atom is -0.462 e. The summed E-state index contributed by atoms with van der Waals surface area (Å²) in [5.41, 5.74) is -0.446. The van der Waals surface area contributed by atoms with E-state index in [4.69, 9.17) is 21.7 Å². The van der Waals surface area contributed by atoms with Crippen molar-refractivity contribution in [3.8, 4) is 5.75 Å². The first-order valence-electron chi connectivity index (χ1n) is 5.82. The number of esters is 1. The van der Waals surface area contributed by atoms with E-state index in [2.05, 4.69) is 15.9 Å². The number of ether oxygens (including phenoxy) is 2. The molecule has 1 rings (SSSR count). The van der Waals surface area contributed by atoms with E-state index < -0.39 is 10.9 Å². The Morgan fingerprint density at radius 3 is 2.57 bits per heavy atom. The molecule has 9 heteroatoms. The molecular formula is C12H13BrN2O5S. The highest BCUT2D eigenvalue weighted by atomic mass is 79.9. The number of nitro benzene ring substituents is 1. The maximum atomic E-state index is 11.9. The van der Waals surface area contributed by atoms with Gasteiger partial charge in [0.25, 0.3) is 5.17 Å². The smallest absolute Gasteiger partial charge is 0.342 e. The standard InChI is InChI=1S/C12H13BrN2O5S/c1-4-19-11(16)8-5-7(13)6-9(15(17)18)10(8)20-12(21)14(2)3/h5-6H,4H2,1-3H3. The number of nitrogens with zero attached hydrogens (tertiary/aromatic N) is 2. The Bertz CT molecular complexity index is 591. The molecule has 0 saturated heterocycles. The summed E-state index contributed by atoms with van der Waals surface area (Å²) in [5, 5.41) is 11.1. The third kappa shape index (κ3) is 4.36. The van der Waals surface area contributed by atoms with Crippen LogP contribution < -0.4 is 4.74 Å². The van der Waals surface area contributed by atoms with Gasteiger partial charge in [-0.15, -0.1) is 0 Å². The summed E-state index contributed by atoms with van der Waals surface area (Å²) >= 11 is 8.09. The van der Waals surface area contributed by atoms with Crippen LogP contribution in [0.25, 0.3) is 0 Å². The zero-order valence-electron chi connectivity index (χ0n) is 11.6. The lowest BCUT2D eigenvalue weighted by atomic mass is 10.1. The number of hydrogen-bond acceptors (Lipinski definition) is 6. The highest BCUT2D eigenvalue weighted by Gasteiger charge is 2.27. The maximum absolute atomic E-state index is 11.9. The third-order valence-corrected chi connectivity index (χ3v) is 3.19. The van der Waals surface area contributed by atoms with Crippen molar-refractivity contribution in [3.63, 3.8) is 0 Å². The Morgan fingerprint density at radius 2 is 2.10 bits per heavy atom. The predicted octanol–water partition coefficient (Wildman–Crippen LogP) is 2.76. The Kier molecular flexibility index (Phi) is 6.03. The topological polar surface area (TPSA) is 81.9 Å². The summed E-state index contributed by atoms with van der Waals surface area (Å²) in [7, 11) is 3.24. The van der Waals surface area contributed by atoms with Gasteiger partial charge >= 0.3 is 11.7 Å². The number of carbonyl (C=O) groups excluding carboxylic acids is 1. The first kappa shape index (κ1) is 17.3. The Balaban J connectivity index is 3.42. The van der Waals surface area contributed by atoms with Crippen molar-refractivity contribution in [2.75, 3.05) is 20.7 Å². The second-order valence-electron chi connectivity index (χ2n) is 4.04. The maximum Gasteiger partial charge on any atom is 0.342 e. The Morgan fingerprint density at radius 1 is 1.48 bits per heavy atom. The molecule has 0 saturated carbocycles. The van der Waals surface area contributed by atoms with Gasteiger partial charge in [0.05, 0.1) is 11.5 Å². The zero-order valence-corrected chi connectivity index (χ0v) is 14.0. The molecule has 0 amide bonds. The van der Waals surface area contributed by atoms with Crippen LogP contribution in [0.2, 0.25) is 0 Å². The van der Waals surface area contributed by atoms with Gasteiger partial charge in [0, 0.05) is 24.6 Å². The van der Waals surface area contributed by atoms with E-state index in [9.17, 15) is 14.9 Å². The minimum absolute atomic E-state index is 0.00836. The third-order valence-electron chi connectivity index (χ3n) is 2.28. The SMILES string of the molecule is CCOC(=O)c1cc(Br)cc([N+](=O)[O-])c1OC(=S)N(C)C. The molecule has 1 aromatic carbocycles. The Hall–Kier alpha value is -1.74. The monoisotopic (exact) mass is 376 g/mol. The fourth-order valence-electron chi connectivity index (χ4n) is 1.36. The number of halogens is 1. The van der Waals surface area contributed by atoms with Crippen LogP contribution in [0, 0.1) is 10.1 Å². The van der Waals surface area contributed by atoms with Gasteiger partial charge in [-0.05, 0) is 25.2 Å². The second-order valence-corrected chi connectivity index (χ2v) is 5.31. The molecule has 0 radical (unpaired) electrons. The van der Waals surface area contributed by atoms with Crippen LogP contribution in [-0.4, -0.2) is 41.7 Å². The lowest BCUT2D eigenvalue weighted by Gasteiger charge is -2.16. The van der Waals surface area contributed by atoms with E-state index in [1.54, 1.807) is 21.0 Å². The first-order chi connectivity index (χ1) is 9.77. The molecule has 0 fully saturated rings. The quantitative estimate of drug-likeness (QED) is 0.345. The molecule has 0 N–H and O–H groups in total. The second kappa shape index (κ2) is 7.32. The summed E-state index contributed by atoms with van der Waals surface area (Å²) in [6.45, 7) is 1.77. The van der Waals surface area contributed by atoms with Gasteiger partial charge in [-0.1, -0.05) is 15.9 Å². The molecule has 1 aromatic rings. The summed E-state index contributed by atoms with van der Waals surface area (Å²) < 4.78 is 10.6. The van der Waals surface area contributed by atoms with E-state index in [1.165, 1.54) is 17.0 Å². The average Bonchev–Trinajstić information content (AvgIpc) is 2.39. The van der Waals surface area contributed by atoms with Crippen LogP contribution in [0.4, 0.5) is 5.69 Å². The Labute approximate surface area is 135 Å². The predicted molar refractivity (Wildman–Crippen MR) is 83.7 cm³/mol. The van der Waals surface area contributed by atoms with E-state index in [0.717, 1.165) is 0 Å². The van der Waals surface area contributed by atoms with E-state index in [1.807, 2.05) is 0 Å². The molecule has 0 atom stereocenters. The van der Waals surface area contributed by atoms with Crippen molar-refractivity contribution >= 4 is 45.0 Å². The van der Waals surface area contributed by atoms with Gasteiger partial charge in [-0.3, -0.25) is 10.1 Å². The summed E-state index contributed by atoms with van der Waals surface area (Å²) in [5.74, 6) is -0.959. The fraction of sp³-hybridized carbons (Fsp3) is 0.333. The van der Waals surface area contributed by atoms with Crippen LogP contribution in [0.3, 0.4) is 0 Å². The molecule has 0 heterocycles. The van der Waals surface area contributed by atoms with Crippen molar-refractivity contribution in [3.05, 3.63) is 32.3 Å². The number of thiocarbonyl (C=S) groups is 1. The van der Waals surface area contributed by atoms with Crippen LogP contribution in [0.5, 0.6) is 5.75 Å². The van der Waals surface area contributed by atoms with Gasteiger partial charge in [0.2, 0.25) is 5.75 Å². The zero-order chi connectivity index (χ0) is 16.2. The van der Waals surface area contributed by atoms with E-state index >= 15 is 0 Å². The van der Waals surface area contributed by atoms with Crippen LogP contribution in [-0.2, 0) is 4.74 Å². The first-order valence-corrected chi connectivity index (χ1v) is 7.02. The van der Waals surface area contributed by atoms with Crippen molar-refractivity contribution < 1.29 is 19.2 Å². The number of hydrogen-bond donors (Lipinski definition) is 0. The molecule has 21 heavy (non-hydrogen) atoms. The van der Waals surface area contributed by atoms with Crippen LogP contribution >= 0.6 is 28.1 Å². The lowest BCUT2D eigenvalue weighted by molar-refractivity contribution is -0.385. The largest absolute Gasteiger partial charge is 0.462 e. The number of rotatable bonds is 4. The molecular weight excluding hydrogens is 364 g/mol. The van der Waals surface area contributed by atoms with Gasteiger partial charge in [0.15, 0.2) is 0 Å². The molecule has 0 aromatic heterocycles. The molecule has 0 bridgehead atoms. The highest BCUT2D eigenvalue weighted by Crippen LogP contribution is 2.35. The molecule has 0 aliphatic heterocycles. The van der Waals surface area contributed by atoms with Crippen LogP contribution in [0.15, 0.2) is 16.6 Å². The van der Waals surface area contributed by atoms with E-state index in [0.29, 0.717) is 4.47 Å². The molecule has 114 valence electrons. The highest BCUT2D eigenvalue weighted by molar-refractivity contribution is 9.10. The van der Waals surface area contributed by atoms with Crippen molar-refractivity contribution in [1.29, 1.82) is 0 Å². The van der Waals surface area contributed by atoms with E-state index in [-0.39, 0.29) is 28.8 Å². The van der Waals surface area contributed by atoms with Crippen molar-refractivity contribution in [1.82, 2.24) is 4.90 Å². The summed E-state index contributed by atoms with van der Waals surface area (Å²) in [6, 6.07) is 2.62. The fourth-order valence-corrected chi connectivity index (χ4v) is 1.89. The summed E-state index contributed by atoms with van der Waals surface area (Å²) in [4.78, 5) is 23.9. The molecule has 0 unspecified atom stereocenters. The molecule has 7 nitrogen and oxygen atoms in total. The molecule has 0 spiro atoms. The molecule has 0 aliphatic rings. The molecule has 0 aliphatic carbocycles. The van der Waals surface area contributed by atoms with Gasteiger partial charge in [0.1, 0.15) is 5.56 Å². The minimum atomic E-state index is -0.724. The van der Waals surface area contributed by atoms with Crippen LogP contribution in [0.1, 0.15) is 17.3 Å². The number of carbonyl (C=O) groups is 1. The summed E-state index contributed by atoms with van der Waals surface area (Å²) in [6.07, 6.45) is 0. The van der Waals surface area contributed by atoms with Crippen molar-refractivity contribution in [2.24, 2.45) is 0 Å².